The first-order chi connectivity index (χ1) is 33.9. The van der Waals surface area contributed by atoms with Crippen LogP contribution in [0.4, 0.5) is 211 Å². The molecule has 0 aliphatic rings. The van der Waals surface area contributed by atoms with Crippen LogP contribution in [0.3, 0.4) is 0 Å². The Morgan fingerprint density at radius 3 is 0.405 bits per heavy atom. The van der Waals surface area contributed by atoms with E-state index in [1.54, 1.807) is 13.6 Å². The third-order valence-corrected chi connectivity index (χ3v) is 10.2. The molecular formula is C27H9F48O3P. The second kappa shape index (κ2) is 21.5. The van der Waals surface area contributed by atoms with Crippen LogP contribution in [0, 0.1) is 0 Å². The van der Waals surface area contributed by atoms with Crippen molar-refractivity contribution in [2.24, 2.45) is 0 Å². The highest BCUT2D eigenvalue weighted by Crippen LogP contribution is 2.67. The van der Waals surface area contributed by atoms with Gasteiger partial charge in [0.15, 0.2) is 0 Å². The van der Waals surface area contributed by atoms with Crippen molar-refractivity contribution < 1.29 is 224 Å². The lowest BCUT2D eigenvalue weighted by Crippen LogP contribution is -2.73. The van der Waals surface area contributed by atoms with Gasteiger partial charge in [-0.15, -0.1) is 0 Å². The number of hydrogen-bond donors (Lipinski definition) is 0. The van der Waals surface area contributed by atoms with Gasteiger partial charge in [-0.05, 0) is 0 Å². The predicted octanol–water partition coefficient (Wildman–Crippen LogP) is 16.4. The van der Waals surface area contributed by atoms with Gasteiger partial charge in [0.2, 0.25) is 18.5 Å². The molecule has 0 aromatic carbocycles. The van der Waals surface area contributed by atoms with Gasteiger partial charge in [0.25, 0.3) is 38.3 Å². The number of hydrogen-bond acceptors (Lipinski definition) is 3. The van der Waals surface area contributed by atoms with Gasteiger partial charge in [-0.1, -0.05) is 0 Å². The first kappa shape index (κ1) is 76.0. The molecule has 0 N–H and O–H groups in total. The predicted molar refractivity (Wildman–Crippen MR) is 147 cm³/mol. The fraction of sp³-hybridized carbons (Fsp3) is 1.00. The Labute approximate surface area is 397 Å². The van der Waals surface area contributed by atoms with E-state index in [0.29, 0.717) is 0 Å². The Morgan fingerprint density at radius 2 is 0.291 bits per heavy atom. The van der Waals surface area contributed by atoms with Gasteiger partial charge >= 0.3 is 115 Å². The average molecular weight is 1320 g/mol. The molecule has 0 saturated heterocycles. The Morgan fingerprint density at radius 1 is 0.177 bits per heavy atom. The minimum Gasteiger partial charge on any atom is -0.270 e. The Balaban J connectivity index is 8.37. The van der Waals surface area contributed by atoms with Gasteiger partial charge in [0.05, 0.1) is 0 Å². The van der Waals surface area contributed by atoms with Crippen molar-refractivity contribution in [1.29, 1.82) is 0 Å². The van der Waals surface area contributed by atoms with Crippen molar-refractivity contribution in [3.8, 4) is 0 Å². The van der Waals surface area contributed by atoms with Crippen molar-refractivity contribution in [2.75, 3.05) is 0 Å². The van der Waals surface area contributed by atoms with Gasteiger partial charge in [0, 0.05) is 0 Å². The molecule has 6 atom stereocenters. The van der Waals surface area contributed by atoms with Crippen LogP contribution in [0.1, 0.15) is 0 Å². The zero-order valence-electron chi connectivity index (χ0n) is 34.0. The van der Waals surface area contributed by atoms with E-state index in [9.17, 15) is 211 Å². The molecule has 0 aliphatic carbocycles. The molecule has 0 aliphatic heterocycles. The van der Waals surface area contributed by atoms with Gasteiger partial charge in [-0.2, -0.15) is 158 Å². The molecule has 52 heteroatoms. The molecule has 0 amide bonds. The summed E-state index contributed by atoms with van der Waals surface area (Å²) in [6.45, 7) is 0. The summed E-state index contributed by atoms with van der Waals surface area (Å²) >= 11 is 0. The zero-order chi connectivity index (χ0) is 64.9. The lowest BCUT2D eigenvalue weighted by Gasteiger charge is -2.43. The monoisotopic (exact) mass is 1320 g/mol. The smallest absolute Gasteiger partial charge is 0.270 e. The quantitative estimate of drug-likeness (QED) is 0.0530. The normalized spacial score (nSPS) is 19.0. The third kappa shape index (κ3) is 10.8. The fourth-order valence-electron chi connectivity index (χ4n) is 4.36. The van der Waals surface area contributed by atoms with Crippen LogP contribution in [0.15, 0.2) is 0 Å². The first-order valence-electron chi connectivity index (χ1n) is 17.2. The summed E-state index contributed by atoms with van der Waals surface area (Å²) in [6, 6.07) is 0. The summed E-state index contributed by atoms with van der Waals surface area (Å²) in [7, 11) is -7.94. The van der Waals surface area contributed by atoms with Crippen LogP contribution in [-0.2, 0) is 13.6 Å². The lowest BCUT2D eigenvalue weighted by molar-refractivity contribution is -0.442. The molecule has 3 nitrogen and oxygen atoms in total. The van der Waals surface area contributed by atoms with Crippen molar-refractivity contribution in [3.05, 3.63) is 0 Å². The summed E-state index contributed by atoms with van der Waals surface area (Å²) in [6.07, 6.45) is -59.4. The number of alkyl halides is 48. The highest BCUT2D eigenvalue weighted by atomic mass is 31.2. The molecule has 0 radical (unpaired) electrons. The molecule has 6 unspecified atom stereocenters. The maximum atomic E-state index is 14.5. The molecule has 0 aromatic heterocycles. The van der Waals surface area contributed by atoms with Crippen molar-refractivity contribution in [1.82, 2.24) is 0 Å². The van der Waals surface area contributed by atoms with E-state index in [4.69, 9.17) is 0 Å². The van der Waals surface area contributed by atoms with Gasteiger partial charge in [-0.25, -0.2) is 52.7 Å². The summed E-state index contributed by atoms with van der Waals surface area (Å²) in [5.74, 6) is -167. The van der Waals surface area contributed by atoms with Crippen LogP contribution < -0.4 is 0 Å². The number of halogens is 48. The van der Waals surface area contributed by atoms with Crippen LogP contribution in [0.5, 0.6) is 0 Å². The Bertz CT molecular complexity index is 1810. The van der Waals surface area contributed by atoms with E-state index < -0.39 is 172 Å². The summed E-state index contributed by atoms with van der Waals surface area (Å²) in [5, 5.41) is 0. The fourth-order valence-corrected chi connectivity index (χ4v) is 5.36. The minimum atomic E-state index is -9.69. The highest BCUT2D eigenvalue weighted by molar-refractivity contribution is 7.41. The second-order valence-corrected chi connectivity index (χ2v) is 15.4. The third-order valence-electron chi connectivity index (χ3n) is 9.15. The molecule has 0 fully saturated rings. The largest absolute Gasteiger partial charge is 0.384 e. The molecule has 0 bridgehead atoms. The zero-order valence-corrected chi connectivity index (χ0v) is 34.9. The van der Waals surface area contributed by atoms with E-state index >= 15 is 0 Å². The van der Waals surface area contributed by atoms with Crippen LogP contribution >= 0.6 is 8.60 Å². The van der Waals surface area contributed by atoms with E-state index in [-0.39, 0.29) is 0 Å². The van der Waals surface area contributed by atoms with Crippen LogP contribution in [-0.4, -0.2) is 163 Å². The maximum Gasteiger partial charge on any atom is 0.384 e. The second-order valence-electron chi connectivity index (χ2n) is 14.3. The van der Waals surface area contributed by atoms with Crippen molar-refractivity contribution in [3.63, 3.8) is 0 Å². The molecular weight excluding hydrogens is 1320 g/mol. The molecule has 0 spiro atoms. The van der Waals surface area contributed by atoms with Gasteiger partial charge in [-0.3, -0.25) is 13.6 Å². The maximum absolute atomic E-state index is 14.5. The molecule has 0 heterocycles. The van der Waals surface area contributed by atoms with Crippen molar-refractivity contribution in [2.45, 2.75) is 163 Å². The Hall–Kier alpha value is -3.05. The van der Waals surface area contributed by atoms with Gasteiger partial charge < -0.3 is 0 Å². The van der Waals surface area contributed by atoms with E-state index in [2.05, 4.69) is 0 Å². The minimum absolute atomic E-state index is 1.77. The molecule has 0 aromatic rings. The standard InChI is InChI=1S/C27H9F48O3P/c28-1(4(31)32)10(40,41)16(52,53)22(64,65)25(70,71)19(58,59)13(46,47)7(37)76-79(77-8(38)14(48,49)20(60,61)26(72,73)23(66,67)17(54,55)11(42,43)2(29)5(33)34)78-9(39)15(50,51)21(62,63)27(74,75)24(68,69)18(56,57)12(44,45)3(30)6(35)36/h1-9H. The average Bonchev–Trinajstić information content (AvgIpc) is 3.26. The molecule has 0 rings (SSSR count). The van der Waals surface area contributed by atoms with Crippen molar-refractivity contribution >= 4 is 8.60 Å². The summed E-state index contributed by atoms with van der Waals surface area (Å²) < 4.78 is 664. The Kier molecular flexibility index (Phi) is 20.7. The molecule has 79 heavy (non-hydrogen) atoms. The topological polar surface area (TPSA) is 27.7 Å². The van der Waals surface area contributed by atoms with E-state index in [1.165, 1.54) is 0 Å². The van der Waals surface area contributed by atoms with Crippen LogP contribution in [0.2, 0.25) is 0 Å². The summed E-state index contributed by atoms with van der Waals surface area (Å²) in [4.78, 5) is 0. The highest BCUT2D eigenvalue weighted by Gasteiger charge is 2.95. The van der Waals surface area contributed by atoms with E-state index in [1.807, 2.05) is 0 Å². The first-order valence-corrected chi connectivity index (χ1v) is 18.3. The SMILES string of the molecule is FC(F)C(F)C(F)(F)C(F)(F)C(F)(F)C(F)(F)C(F)(F)C(F)(F)C(F)OP(OC(F)C(F)(F)C(F)(F)C(F)(F)C(F)(F)C(F)(F)C(F)(F)C(F)C(F)F)OC(F)C(F)(F)C(F)(F)C(F)(F)C(F)(F)C(F)(F)C(F)(F)C(F)C(F)F. The van der Waals surface area contributed by atoms with Gasteiger partial charge in [0.1, 0.15) is 0 Å². The molecule has 476 valence electrons. The number of rotatable bonds is 30. The molecule has 0 saturated carbocycles. The summed E-state index contributed by atoms with van der Waals surface area (Å²) in [5.41, 5.74) is 0. The van der Waals surface area contributed by atoms with Crippen LogP contribution in [0.25, 0.3) is 0 Å². The lowest BCUT2D eigenvalue weighted by atomic mass is 9.90. The van der Waals surface area contributed by atoms with E-state index in [0.717, 1.165) is 0 Å².